The second-order valence-electron chi connectivity index (χ2n) is 3.63. The first-order valence-corrected chi connectivity index (χ1v) is 5.91. The molecule has 0 spiro atoms. The maximum absolute atomic E-state index is 5.93. The molecule has 0 bridgehead atoms. The zero-order valence-electron chi connectivity index (χ0n) is 9.57. The lowest BCUT2D eigenvalue weighted by atomic mass is 10.3. The molecule has 0 aliphatic rings. The number of H-pyrrole nitrogens is 1. The van der Waals surface area contributed by atoms with Gasteiger partial charge in [0.15, 0.2) is 0 Å². The summed E-state index contributed by atoms with van der Waals surface area (Å²) in [4.78, 5) is 15.7. The van der Waals surface area contributed by atoms with Gasteiger partial charge in [-0.15, -0.1) is 0 Å². The van der Waals surface area contributed by atoms with E-state index in [4.69, 9.17) is 11.6 Å². The molecule has 2 N–H and O–H groups in total. The second kappa shape index (κ2) is 5.63. The van der Waals surface area contributed by atoms with Gasteiger partial charge in [-0.3, -0.25) is 0 Å². The minimum Gasteiger partial charge on any atom is -0.363 e. The Labute approximate surface area is 105 Å². The Bertz CT molecular complexity index is 469. The van der Waals surface area contributed by atoms with Gasteiger partial charge in [-0.25, -0.2) is 15.0 Å². The lowest BCUT2D eigenvalue weighted by Gasteiger charge is -2.06. The van der Waals surface area contributed by atoms with Crippen molar-refractivity contribution in [3.8, 4) is 0 Å². The molecule has 0 unspecified atom stereocenters. The smallest absolute Gasteiger partial charge is 0.134 e. The first kappa shape index (κ1) is 11.9. The second-order valence-corrected chi connectivity index (χ2v) is 4.02. The van der Waals surface area contributed by atoms with Crippen LogP contribution in [0.2, 0.25) is 5.15 Å². The Morgan fingerprint density at radius 1 is 1.41 bits per heavy atom. The average molecular weight is 252 g/mol. The number of aryl methyl sites for hydroxylation is 1. The lowest BCUT2D eigenvalue weighted by Crippen LogP contribution is -2.05. The Hall–Kier alpha value is -1.62. The molecule has 0 fully saturated rings. The van der Waals surface area contributed by atoms with E-state index in [9.17, 15) is 0 Å². The molecule has 0 amide bonds. The summed E-state index contributed by atoms with van der Waals surface area (Å²) in [6, 6.07) is 1.71. The maximum atomic E-state index is 5.93. The predicted octanol–water partition coefficient (Wildman–Crippen LogP) is 2.42. The molecule has 0 saturated heterocycles. The molecule has 0 aliphatic carbocycles. The van der Waals surface area contributed by atoms with Crippen molar-refractivity contribution in [2.24, 2.45) is 0 Å². The number of aromatic amines is 1. The molecular formula is C11H14ClN5. The summed E-state index contributed by atoms with van der Waals surface area (Å²) in [6.07, 6.45) is 5.33. The molecule has 0 saturated carbocycles. The highest BCUT2D eigenvalue weighted by Gasteiger charge is 2.03. The van der Waals surface area contributed by atoms with Crippen LogP contribution in [-0.2, 0) is 13.0 Å². The molecule has 5 nitrogen and oxygen atoms in total. The summed E-state index contributed by atoms with van der Waals surface area (Å²) < 4.78 is 0. The Balaban J connectivity index is 2.04. The summed E-state index contributed by atoms with van der Waals surface area (Å²) in [5.41, 5.74) is 0. The van der Waals surface area contributed by atoms with E-state index in [1.54, 1.807) is 18.5 Å². The van der Waals surface area contributed by atoms with Crippen LogP contribution >= 0.6 is 11.6 Å². The van der Waals surface area contributed by atoms with Crippen molar-refractivity contribution in [2.75, 3.05) is 5.32 Å². The molecule has 0 atom stereocenters. The van der Waals surface area contributed by atoms with Crippen molar-refractivity contribution >= 4 is 17.4 Å². The fourth-order valence-corrected chi connectivity index (χ4v) is 1.66. The number of nitrogens with one attached hydrogen (secondary N) is 2. The minimum absolute atomic E-state index is 0.463. The molecular weight excluding hydrogens is 238 g/mol. The van der Waals surface area contributed by atoms with Gasteiger partial charge in [0.1, 0.15) is 22.6 Å². The van der Waals surface area contributed by atoms with Crippen molar-refractivity contribution in [2.45, 2.75) is 26.3 Å². The van der Waals surface area contributed by atoms with Crippen LogP contribution in [0, 0.1) is 0 Å². The van der Waals surface area contributed by atoms with E-state index in [-0.39, 0.29) is 0 Å². The van der Waals surface area contributed by atoms with E-state index in [0.717, 1.165) is 30.3 Å². The molecule has 0 radical (unpaired) electrons. The van der Waals surface area contributed by atoms with Crippen molar-refractivity contribution in [1.29, 1.82) is 0 Å². The minimum atomic E-state index is 0.463. The maximum Gasteiger partial charge on any atom is 0.134 e. The van der Waals surface area contributed by atoms with Crippen molar-refractivity contribution < 1.29 is 0 Å². The topological polar surface area (TPSA) is 66.5 Å². The van der Waals surface area contributed by atoms with Crippen molar-refractivity contribution in [3.63, 3.8) is 0 Å². The van der Waals surface area contributed by atoms with Crippen molar-refractivity contribution in [1.82, 2.24) is 19.9 Å². The van der Waals surface area contributed by atoms with Gasteiger partial charge >= 0.3 is 0 Å². The molecule has 2 aromatic rings. The number of rotatable bonds is 5. The van der Waals surface area contributed by atoms with Crippen LogP contribution in [-0.4, -0.2) is 19.9 Å². The summed E-state index contributed by atoms with van der Waals surface area (Å²) in [5.74, 6) is 2.35. The third kappa shape index (κ3) is 3.42. The highest BCUT2D eigenvalue weighted by Crippen LogP contribution is 2.13. The van der Waals surface area contributed by atoms with E-state index in [1.165, 1.54) is 0 Å². The number of nitrogens with zero attached hydrogens (tertiary/aromatic N) is 3. The number of imidazole rings is 1. The average Bonchev–Trinajstić information content (AvgIpc) is 2.79. The van der Waals surface area contributed by atoms with E-state index < -0.39 is 0 Å². The fourth-order valence-electron chi connectivity index (χ4n) is 1.46. The predicted molar refractivity (Wildman–Crippen MR) is 67.0 cm³/mol. The molecule has 0 aliphatic heterocycles. The van der Waals surface area contributed by atoms with Crippen LogP contribution in [0.25, 0.3) is 0 Å². The van der Waals surface area contributed by atoms with E-state index in [2.05, 4.69) is 32.2 Å². The van der Waals surface area contributed by atoms with Crippen LogP contribution < -0.4 is 5.32 Å². The Kier molecular flexibility index (Phi) is 3.93. The lowest BCUT2D eigenvalue weighted by molar-refractivity contribution is 0.832. The quantitative estimate of drug-likeness (QED) is 0.801. The monoisotopic (exact) mass is 251 g/mol. The van der Waals surface area contributed by atoms with Crippen LogP contribution in [0.5, 0.6) is 0 Å². The number of anilines is 1. The van der Waals surface area contributed by atoms with Gasteiger partial charge in [0.05, 0.1) is 6.54 Å². The van der Waals surface area contributed by atoms with Crippen LogP contribution in [0.4, 0.5) is 5.82 Å². The third-order valence-corrected chi connectivity index (χ3v) is 2.40. The van der Waals surface area contributed by atoms with E-state index in [1.807, 2.05) is 0 Å². The molecule has 2 aromatic heterocycles. The van der Waals surface area contributed by atoms with Gasteiger partial charge in [-0.05, 0) is 6.42 Å². The summed E-state index contributed by atoms with van der Waals surface area (Å²) in [5, 5.41) is 3.62. The van der Waals surface area contributed by atoms with Gasteiger partial charge < -0.3 is 10.3 Å². The van der Waals surface area contributed by atoms with Gasteiger partial charge in [0.2, 0.25) is 0 Å². The third-order valence-electron chi connectivity index (χ3n) is 2.21. The zero-order chi connectivity index (χ0) is 12.1. The fraction of sp³-hybridized carbons (Fsp3) is 0.364. The summed E-state index contributed by atoms with van der Waals surface area (Å²) >= 11 is 5.93. The van der Waals surface area contributed by atoms with Crippen LogP contribution in [0.3, 0.4) is 0 Å². The highest BCUT2D eigenvalue weighted by atomic mass is 35.5. The molecule has 17 heavy (non-hydrogen) atoms. The normalized spacial score (nSPS) is 10.5. The van der Waals surface area contributed by atoms with Crippen LogP contribution in [0.1, 0.15) is 25.0 Å². The molecule has 2 heterocycles. The summed E-state index contributed by atoms with van der Waals surface area (Å²) in [7, 11) is 0. The van der Waals surface area contributed by atoms with Gasteiger partial charge in [-0.1, -0.05) is 18.5 Å². The number of hydrogen-bond donors (Lipinski definition) is 2. The molecule has 2 rings (SSSR count). The molecule has 0 aromatic carbocycles. The van der Waals surface area contributed by atoms with E-state index in [0.29, 0.717) is 11.7 Å². The first-order chi connectivity index (χ1) is 8.28. The SMILES string of the molecule is CCCc1nc(Cl)cc(NCc2ncc[nH]2)n1. The molecule has 90 valence electrons. The number of aromatic nitrogens is 4. The number of hydrogen-bond acceptors (Lipinski definition) is 4. The van der Waals surface area contributed by atoms with Crippen LogP contribution in [0.15, 0.2) is 18.5 Å². The van der Waals surface area contributed by atoms with Gasteiger partial charge in [-0.2, -0.15) is 0 Å². The van der Waals surface area contributed by atoms with Gasteiger partial charge in [0.25, 0.3) is 0 Å². The largest absolute Gasteiger partial charge is 0.363 e. The Morgan fingerprint density at radius 2 is 2.29 bits per heavy atom. The number of halogens is 1. The van der Waals surface area contributed by atoms with Crippen molar-refractivity contribution in [3.05, 3.63) is 35.3 Å². The summed E-state index contributed by atoms with van der Waals surface area (Å²) in [6.45, 7) is 2.67. The first-order valence-electron chi connectivity index (χ1n) is 5.53. The highest BCUT2D eigenvalue weighted by molar-refractivity contribution is 6.29. The standard InChI is InChI=1S/C11H14ClN5/c1-2-3-9-16-8(12)6-10(17-9)15-7-11-13-4-5-14-11/h4-6H,2-3,7H2,1H3,(H,13,14)(H,15,16,17). The molecule has 6 heteroatoms. The zero-order valence-corrected chi connectivity index (χ0v) is 10.3. The van der Waals surface area contributed by atoms with E-state index >= 15 is 0 Å². The van der Waals surface area contributed by atoms with Gasteiger partial charge in [0, 0.05) is 24.9 Å². The Morgan fingerprint density at radius 3 is 3.00 bits per heavy atom.